The highest BCUT2D eigenvalue weighted by Crippen LogP contribution is 2.53. The lowest BCUT2D eigenvalue weighted by molar-refractivity contribution is -0.334. The molecule has 0 aromatic rings. The SMILES string of the molecule is CCN=C1NC(C(F)(F)F)(C(F)(F)F)NC1(C(F)(F)F)C(F)(F)F. The molecule has 142 valence electrons. The van der Waals surface area contributed by atoms with E-state index in [9.17, 15) is 52.7 Å². The third-order valence-electron chi connectivity index (χ3n) is 3.05. The van der Waals surface area contributed by atoms with E-state index in [1.807, 2.05) is 0 Å². The van der Waals surface area contributed by atoms with Crippen LogP contribution in [0.25, 0.3) is 0 Å². The minimum atomic E-state index is -6.61. The predicted octanol–water partition coefficient (Wildman–Crippen LogP) is 3.28. The summed E-state index contributed by atoms with van der Waals surface area (Å²) in [4.78, 5) is 2.54. The van der Waals surface area contributed by atoms with Crippen LogP contribution in [0.1, 0.15) is 6.92 Å². The van der Waals surface area contributed by atoms with Crippen LogP contribution >= 0.6 is 0 Å². The zero-order valence-corrected chi connectivity index (χ0v) is 11.2. The summed E-state index contributed by atoms with van der Waals surface area (Å²) in [6.07, 6.45) is -26.4. The van der Waals surface area contributed by atoms with Crippen molar-refractivity contribution in [1.82, 2.24) is 10.6 Å². The van der Waals surface area contributed by atoms with Gasteiger partial charge in [-0.1, -0.05) is 0 Å². The van der Waals surface area contributed by atoms with Gasteiger partial charge in [0, 0.05) is 6.54 Å². The summed E-state index contributed by atoms with van der Waals surface area (Å²) in [6, 6.07) is 0. The molecule has 0 aliphatic carbocycles. The summed E-state index contributed by atoms with van der Waals surface area (Å²) < 4.78 is 155. The Morgan fingerprint density at radius 1 is 0.750 bits per heavy atom. The molecule has 0 atom stereocenters. The second kappa shape index (κ2) is 5.29. The van der Waals surface area contributed by atoms with Crippen LogP contribution < -0.4 is 10.6 Å². The standard InChI is InChI=1S/C9H7F12N3/c1-2-22-3-4(6(10,11)12,7(13,14)15)24-5(23-3,8(16,17)18)9(19,20)21/h24H,2H2,1H3,(H,22,23). The molecule has 1 rings (SSSR count). The molecule has 3 nitrogen and oxygen atoms in total. The zero-order chi connectivity index (χ0) is 19.4. The molecule has 0 unspecified atom stereocenters. The Balaban J connectivity index is 3.84. The maximum absolute atomic E-state index is 13.0. The quantitative estimate of drug-likeness (QED) is 0.680. The number of hydrogen-bond acceptors (Lipinski definition) is 2. The highest BCUT2D eigenvalue weighted by Gasteiger charge is 2.87. The third kappa shape index (κ3) is 2.65. The zero-order valence-electron chi connectivity index (χ0n) is 11.2. The van der Waals surface area contributed by atoms with Gasteiger partial charge in [0.15, 0.2) is 0 Å². The molecule has 24 heavy (non-hydrogen) atoms. The van der Waals surface area contributed by atoms with Gasteiger partial charge in [-0.2, -0.15) is 52.7 Å². The van der Waals surface area contributed by atoms with E-state index in [2.05, 4.69) is 4.99 Å². The summed E-state index contributed by atoms with van der Waals surface area (Å²) in [5.74, 6) is -2.57. The molecule has 1 fully saturated rings. The summed E-state index contributed by atoms with van der Waals surface area (Å²) in [7, 11) is 0. The van der Waals surface area contributed by atoms with Gasteiger partial charge in [-0.3, -0.25) is 10.3 Å². The van der Waals surface area contributed by atoms with Crippen molar-refractivity contribution in [2.75, 3.05) is 6.54 Å². The summed E-state index contributed by atoms with van der Waals surface area (Å²) >= 11 is 0. The van der Waals surface area contributed by atoms with Gasteiger partial charge < -0.3 is 5.32 Å². The Kier molecular flexibility index (Phi) is 4.55. The van der Waals surface area contributed by atoms with E-state index in [0.717, 1.165) is 6.92 Å². The second-order valence-corrected chi connectivity index (χ2v) is 4.56. The van der Waals surface area contributed by atoms with Gasteiger partial charge in [-0.25, -0.2) is 0 Å². The monoisotopic (exact) mass is 385 g/mol. The maximum atomic E-state index is 13.0. The van der Waals surface area contributed by atoms with Crippen LogP contribution in [0.3, 0.4) is 0 Å². The summed E-state index contributed by atoms with van der Waals surface area (Å²) in [5, 5.41) is -0.0910. The van der Waals surface area contributed by atoms with Crippen molar-refractivity contribution < 1.29 is 52.7 Å². The van der Waals surface area contributed by atoms with Crippen LogP contribution in [-0.4, -0.2) is 48.3 Å². The average molecular weight is 385 g/mol. The van der Waals surface area contributed by atoms with Crippen LogP contribution in [0.15, 0.2) is 4.99 Å². The largest absolute Gasteiger partial charge is 0.434 e. The summed E-state index contributed by atoms with van der Waals surface area (Å²) in [6.45, 7) is -0.114. The number of alkyl halides is 12. The van der Waals surface area contributed by atoms with E-state index in [1.54, 1.807) is 0 Å². The molecule has 1 aliphatic rings. The van der Waals surface area contributed by atoms with Crippen LogP contribution in [0.4, 0.5) is 52.7 Å². The van der Waals surface area contributed by atoms with Gasteiger partial charge in [0.2, 0.25) is 0 Å². The molecule has 1 saturated heterocycles. The van der Waals surface area contributed by atoms with E-state index in [-0.39, 0.29) is 10.6 Å². The first kappa shape index (κ1) is 20.6. The van der Waals surface area contributed by atoms with Crippen molar-refractivity contribution in [2.24, 2.45) is 4.99 Å². The van der Waals surface area contributed by atoms with Gasteiger partial charge in [0.1, 0.15) is 5.84 Å². The first-order valence-corrected chi connectivity index (χ1v) is 5.76. The second-order valence-electron chi connectivity index (χ2n) is 4.56. The predicted molar refractivity (Wildman–Crippen MR) is 53.9 cm³/mol. The van der Waals surface area contributed by atoms with Gasteiger partial charge in [0.25, 0.3) is 11.2 Å². The van der Waals surface area contributed by atoms with Crippen LogP contribution in [0, 0.1) is 0 Å². The Morgan fingerprint density at radius 3 is 1.38 bits per heavy atom. The van der Waals surface area contributed by atoms with Crippen LogP contribution in [-0.2, 0) is 0 Å². The number of nitrogens with one attached hydrogen (secondary N) is 2. The van der Waals surface area contributed by atoms with Gasteiger partial charge >= 0.3 is 24.7 Å². The van der Waals surface area contributed by atoms with Crippen LogP contribution in [0.2, 0.25) is 0 Å². The molecule has 1 aliphatic heterocycles. The van der Waals surface area contributed by atoms with Crippen molar-refractivity contribution in [3.63, 3.8) is 0 Å². The fourth-order valence-electron chi connectivity index (χ4n) is 1.97. The van der Waals surface area contributed by atoms with E-state index in [4.69, 9.17) is 0 Å². The number of halogens is 12. The molecule has 0 saturated carbocycles. The molecular formula is C9H7F12N3. The molecule has 0 bridgehead atoms. The lowest BCUT2D eigenvalue weighted by atomic mass is 9.97. The van der Waals surface area contributed by atoms with Crippen molar-refractivity contribution in [1.29, 1.82) is 0 Å². The molecule has 0 radical (unpaired) electrons. The minimum Gasteiger partial charge on any atom is -0.339 e. The number of nitrogens with zero attached hydrogens (tertiary/aromatic N) is 1. The highest BCUT2D eigenvalue weighted by atomic mass is 19.4. The van der Waals surface area contributed by atoms with Crippen molar-refractivity contribution in [3.8, 4) is 0 Å². The lowest BCUT2D eigenvalue weighted by Gasteiger charge is -2.37. The van der Waals surface area contributed by atoms with Crippen molar-refractivity contribution >= 4 is 5.84 Å². The molecule has 0 spiro atoms. The van der Waals surface area contributed by atoms with Crippen molar-refractivity contribution in [3.05, 3.63) is 0 Å². The molecule has 0 amide bonds. The topological polar surface area (TPSA) is 36.4 Å². The first-order valence-electron chi connectivity index (χ1n) is 5.76. The Morgan fingerprint density at radius 2 is 1.12 bits per heavy atom. The molecule has 0 aromatic carbocycles. The fourth-order valence-corrected chi connectivity index (χ4v) is 1.97. The average Bonchev–Trinajstić information content (AvgIpc) is 2.64. The number of rotatable bonds is 1. The van der Waals surface area contributed by atoms with Crippen LogP contribution in [0.5, 0.6) is 0 Å². The minimum absolute atomic E-state index is 0.238. The lowest BCUT2D eigenvalue weighted by Crippen LogP contribution is -2.75. The van der Waals surface area contributed by atoms with Gasteiger partial charge in [-0.05, 0) is 6.92 Å². The fraction of sp³-hybridized carbons (Fsp3) is 0.889. The number of aliphatic imine (C=N–C) groups is 1. The van der Waals surface area contributed by atoms with Gasteiger partial charge in [-0.15, -0.1) is 0 Å². The normalized spacial score (nSPS) is 23.5. The van der Waals surface area contributed by atoms with E-state index in [1.165, 1.54) is 0 Å². The number of hydrogen-bond donors (Lipinski definition) is 2. The Hall–Kier alpha value is -1.41. The molecule has 15 heteroatoms. The maximum Gasteiger partial charge on any atom is 0.434 e. The molecule has 0 aromatic heterocycles. The van der Waals surface area contributed by atoms with E-state index >= 15 is 0 Å². The smallest absolute Gasteiger partial charge is 0.339 e. The van der Waals surface area contributed by atoms with E-state index < -0.39 is 48.3 Å². The third-order valence-corrected chi connectivity index (χ3v) is 3.05. The molecular weight excluding hydrogens is 378 g/mol. The summed E-state index contributed by atoms with van der Waals surface area (Å²) in [5.41, 5.74) is -11.3. The first-order chi connectivity index (χ1) is 10.4. The van der Waals surface area contributed by atoms with Crippen molar-refractivity contribution in [2.45, 2.75) is 42.8 Å². The van der Waals surface area contributed by atoms with Gasteiger partial charge in [0.05, 0.1) is 0 Å². The Bertz CT molecular complexity index is 480. The number of amidine groups is 1. The molecule has 1 heterocycles. The Labute approximate surface area is 125 Å². The molecule has 2 N–H and O–H groups in total. The highest BCUT2D eigenvalue weighted by molar-refractivity contribution is 5.96. The van der Waals surface area contributed by atoms with E-state index in [0.29, 0.717) is 0 Å².